The highest BCUT2D eigenvalue weighted by Crippen LogP contribution is 2.29. The highest BCUT2D eigenvalue weighted by atomic mass is 16.2. The average molecular weight is 266 g/mol. The smallest absolute Gasteiger partial charge is 0.327 e. The molecule has 2 aliphatic heterocycles. The number of rotatable bonds is 4. The highest BCUT2D eigenvalue weighted by molar-refractivity contribution is 6.22. The molecular formula is C11H18N6O2. The minimum atomic E-state index is -1.38. The molecule has 0 aromatic rings. The van der Waals surface area contributed by atoms with Gasteiger partial charge in [-0.05, 0) is 6.42 Å². The third-order valence-corrected chi connectivity index (χ3v) is 3.30. The van der Waals surface area contributed by atoms with Crippen molar-refractivity contribution in [1.82, 2.24) is 20.5 Å². The van der Waals surface area contributed by atoms with Gasteiger partial charge in [-0.25, -0.2) is 9.79 Å². The van der Waals surface area contributed by atoms with Crippen LogP contribution < -0.4 is 10.7 Å². The first-order valence-electron chi connectivity index (χ1n) is 6.23. The Morgan fingerprint density at radius 2 is 2.26 bits per heavy atom. The van der Waals surface area contributed by atoms with Crippen molar-refractivity contribution in [2.45, 2.75) is 25.4 Å². The van der Waals surface area contributed by atoms with Crippen LogP contribution in [0.15, 0.2) is 10.1 Å². The summed E-state index contributed by atoms with van der Waals surface area (Å²) >= 11 is 0. The zero-order chi connectivity index (χ0) is 14.0. The number of aliphatic imine (C=N–C) groups is 1. The minimum absolute atomic E-state index is 0.288. The number of nitrogens with zero attached hydrogens (tertiary/aromatic N) is 4. The van der Waals surface area contributed by atoms with Crippen LogP contribution in [0.2, 0.25) is 0 Å². The average Bonchev–Trinajstić information content (AvgIpc) is 2.62. The maximum absolute atomic E-state index is 12.4. The van der Waals surface area contributed by atoms with Gasteiger partial charge in [0.15, 0.2) is 5.84 Å². The normalized spacial score (nSPS) is 25.0. The van der Waals surface area contributed by atoms with E-state index in [0.29, 0.717) is 6.54 Å². The lowest BCUT2D eigenvalue weighted by Gasteiger charge is -2.30. The van der Waals surface area contributed by atoms with E-state index >= 15 is 0 Å². The molecule has 0 aromatic heterocycles. The monoisotopic (exact) mass is 266 g/mol. The number of hydrazone groups is 1. The molecule has 0 bridgehead atoms. The van der Waals surface area contributed by atoms with E-state index in [9.17, 15) is 9.59 Å². The molecule has 2 heterocycles. The second-order valence-electron chi connectivity index (χ2n) is 4.50. The quantitative estimate of drug-likeness (QED) is 0.675. The number of hydrogen-bond donors (Lipinski definition) is 2. The van der Waals surface area contributed by atoms with Crippen molar-refractivity contribution in [3.05, 3.63) is 0 Å². The van der Waals surface area contributed by atoms with Gasteiger partial charge >= 0.3 is 6.03 Å². The maximum Gasteiger partial charge on any atom is 0.327 e. The van der Waals surface area contributed by atoms with E-state index in [0.717, 1.165) is 12.8 Å². The van der Waals surface area contributed by atoms with Crippen LogP contribution in [0.3, 0.4) is 0 Å². The third-order valence-electron chi connectivity index (χ3n) is 3.30. The second kappa shape index (κ2) is 4.87. The second-order valence-corrected chi connectivity index (χ2v) is 4.50. The van der Waals surface area contributed by atoms with E-state index in [-0.39, 0.29) is 17.8 Å². The van der Waals surface area contributed by atoms with Crippen molar-refractivity contribution in [2.24, 2.45) is 10.1 Å². The van der Waals surface area contributed by atoms with Gasteiger partial charge in [0.05, 0.1) is 0 Å². The van der Waals surface area contributed by atoms with E-state index in [2.05, 4.69) is 20.8 Å². The van der Waals surface area contributed by atoms with Gasteiger partial charge in [0, 0.05) is 20.6 Å². The van der Waals surface area contributed by atoms with Gasteiger partial charge in [0.1, 0.15) is 6.34 Å². The molecule has 1 fully saturated rings. The summed E-state index contributed by atoms with van der Waals surface area (Å²) in [6, 6.07) is -0.315. The summed E-state index contributed by atoms with van der Waals surface area (Å²) in [4.78, 5) is 31.2. The van der Waals surface area contributed by atoms with Crippen LogP contribution in [0.4, 0.5) is 4.79 Å². The third kappa shape index (κ3) is 1.83. The van der Waals surface area contributed by atoms with Crippen molar-refractivity contribution in [3.63, 3.8) is 0 Å². The number of nitrogens with one attached hydrogen (secondary N) is 2. The number of fused-ring (bicyclic) bond motifs is 1. The molecule has 2 aliphatic rings. The van der Waals surface area contributed by atoms with E-state index in [1.165, 1.54) is 16.1 Å². The predicted octanol–water partition coefficient (Wildman–Crippen LogP) is -0.459. The lowest BCUT2D eigenvalue weighted by Crippen LogP contribution is -2.59. The first-order chi connectivity index (χ1) is 9.05. The molecule has 0 spiro atoms. The number of hydrogen-bond acceptors (Lipinski definition) is 5. The van der Waals surface area contributed by atoms with Crippen LogP contribution in [-0.2, 0) is 4.79 Å². The van der Waals surface area contributed by atoms with Gasteiger partial charge in [0.25, 0.3) is 11.6 Å². The van der Waals surface area contributed by atoms with Crippen LogP contribution in [0, 0.1) is 0 Å². The molecule has 8 nitrogen and oxygen atoms in total. The molecule has 0 radical (unpaired) electrons. The minimum Gasteiger partial charge on any atom is -0.352 e. The first-order valence-corrected chi connectivity index (χ1v) is 6.23. The zero-order valence-electron chi connectivity index (χ0n) is 11.3. The number of carbonyl (C=O) groups excluding carboxylic acids is 2. The van der Waals surface area contributed by atoms with Crippen molar-refractivity contribution in [3.8, 4) is 0 Å². The SMILES string of the molecule is CCCCNC(=O)C12N=CNN=C1N(C)C(=O)N2C. The van der Waals surface area contributed by atoms with Gasteiger partial charge < -0.3 is 5.32 Å². The summed E-state index contributed by atoms with van der Waals surface area (Å²) in [6.07, 6.45) is 3.18. The van der Waals surface area contributed by atoms with Crippen molar-refractivity contribution in [1.29, 1.82) is 0 Å². The molecule has 8 heteroatoms. The Kier molecular flexibility index (Phi) is 3.41. The zero-order valence-corrected chi connectivity index (χ0v) is 11.3. The van der Waals surface area contributed by atoms with Crippen LogP contribution in [0.25, 0.3) is 0 Å². The molecule has 19 heavy (non-hydrogen) atoms. The molecule has 0 aliphatic carbocycles. The molecule has 2 N–H and O–H groups in total. The maximum atomic E-state index is 12.4. The predicted molar refractivity (Wildman–Crippen MR) is 70.6 cm³/mol. The van der Waals surface area contributed by atoms with Crippen molar-refractivity contribution >= 4 is 24.1 Å². The van der Waals surface area contributed by atoms with Gasteiger partial charge in [-0.15, -0.1) is 0 Å². The van der Waals surface area contributed by atoms with Gasteiger partial charge in [-0.1, -0.05) is 13.3 Å². The summed E-state index contributed by atoms with van der Waals surface area (Å²) in [6.45, 7) is 2.60. The van der Waals surface area contributed by atoms with Crippen molar-refractivity contribution in [2.75, 3.05) is 20.6 Å². The summed E-state index contributed by atoms with van der Waals surface area (Å²) in [5.74, 6) is -0.0471. The summed E-state index contributed by atoms with van der Waals surface area (Å²) in [7, 11) is 3.12. The lowest BCUT2D eigenvalue weighted by molar-refractivity contribution is -0.127. The standard InChI is InChI=1S/C11H18N6O2/c1-4-5-6-12-9(18)11-8(15-14-7-13-11)16(2)10(19)17(11)3/h7H,4-6H2,1-3H3,(H,12,18)(H,13,14). The Hall–Kier alpha value is -2.12. The first kappa shape index (κ1) is 13.3. The van der Waals surface area contributed by atoms with Crippen LogP contribution in [0.5, 0.6) is 0 Å². The molecule has 3 amide bonds. The van der Waals surface area contributed by atoms with Crippen LogP contribution in [0.1, 0.15) is 19.8 Å². The Morgan fingerprint density at radius 1 is 1.53 bits per heavy atom. The molecule has 0 saturated carbocycles. The Morgan fingerprint density at radius 3 is 2.95 bits per heavy atom. The molecule has 1 atom stereocenters. The lowest BCUT2D eigenvalue weighted by atomic mass is 10.1. The molecule has 1 unspecified atom stereocenters. The number of likely N-dealkylation sites (N-methyl/N-ethyl adjacent to an activating group) is 2. The van der Waals surface area contributed by atoms with Crippen LogP contribution >= 0.6 is 0 Å². The Labute approximate surface area is 111 Å². The summed E-state index contributed by atoms with van der Waals surface area (Å²) < 4.78 is 0. The fraction of sp³-hybridized carbons (Fsp3) is 0.636. The van der Waals surface area contributed by atoms with E-state index in [1.807, 2.05) is 6.92 Å². The van der Waals surface area contributed by atoms with Gasteiger partial charge in [0.2, 0.25) is 0 Å². The van der Waals surface area contributed by atoms with Gasteiger partial charge in [-0.3, -0.25) is 20.0 Å². The number of amides is 3. The van der Waals surface area contributed by atoms with E-state index in [4.69, 9.17) is 0 Å². The summed E-state index contributed by atoms with van der Waals surface area (Å²) in [5.41, 5.74) is 1.19. The molecule has 2 rings (SSSR count). The number of urea groups is 1. The van der Waals surface area contributed by atoms with Crippen LogP contribution in [-0.4, -0.2) is 60.2 Å². The summed E-state index contributed by atoms with van der Waals surface area (Å²) in [5, 5.41) is 6.82. The highest BCUT2D eigenvalue weighted by Gasteiger charge is 2.59. The van der Waals surface area contributed by atoms with E-state index < -0.39 is 5.66 Å². The largest absolute Gasteiger partial charge is 0.352 e. The molecule has 104 valence electrons. The fourth-order valence-corrected chi connectivity index (χ4v) is 2.16. The topological polar surface area (TPSA) is 89.4 Å². The molecule has 1 saturated heterocycles. The fourth-order valence-electron chi connectivity index (χ4n) is 2.16. The number of unbranched alkanes of at least 4 members (excludes halogenated alkanes) is 1. The van der Waals surface area contributed by atoms with Gasteiger partial charge in [-0.2, -0.15) is 5.10 Å². The Bertz CT molecular complexity index is 460. The molecule has 0 aromatic carbocycles. The van der Waals surface area contributed by atoms with Crippen molar-refractivity contribution < 1.29 is 9.59 Å². The number of carbonyl (C=O) groups is 2. The molecular weight excluding hydrogens is 248 g/mol. The van der Waals surface area contributed by atoms with E-state index in [1.54, 1.807) is 14.1 Å². The Balaban J connectivity index is 2.29. The number of amidine groups is 1.